The number of nitrogens with two attached hydrogens (primary N) is 1. The van der Waals surface area contributed by atoms with Gasteiger partial charge in [-0.15, -0.1) is 0 Å². The molecular weight excluding hydrogens is 649 g/mol. The number of methoxy groups -OCH3 is 1. The lowest BCUT2D eigenvalue weighted by atomic mass is 9.97. The maximum atomic E-state index is 13.5. The first-order valence-corrected chi connectivity index (χ1v) is 17.3. The Labute approximate surface area is 295 Å². The summed E-state index contributed by atoms with van der Waals surface area (Å²) in [7, 11) is 1.65. The molecule has 3 unspecified atom stereocenters. The van der Waals surface area contributed by atoms with Crippen molar-refractivity contribution in [3.05, 3.63) is 88.7 Å². The monoisotopic (exact) mass is 701 g/mol. The molecule has 0 radical (unpaired) electrons. The Kier molecular flexibility index (Phi) is 20.2. The number of amides is 2. The fraction of sp³-hybridized carbons (Fsp3) is 0.474. The van der Waals surface area contributed by atoms with Gasteiger partial charge in [-0.3, -0.25) is 9.59 Å². The molecule has 0 saturated heterocycles. The van der Waals surface area contributed by atoms with E-state index in [2.05, 4.69) is 10.6 Å². The zero-order valence-electron chi connectivity index (χ0n) is 29.2. The maximum Gasteiger partial charge on any atom is 0.243 e. The van der Waals surface area contributed by atoms with E-state index in [1.807, 2.05) is 44.2 Å². The van der Waals surface area contributed by atoms with Crippen LogP contribution in [0.15, 0.2) is 66.7 Å². The van der Waals surface area contributed by atoms with Crippen molar-refractivity contribution in [3.8, 4) is 16.9 Å². The SMILES string of the molecule is CCC(C)C(NC(=O)CCCC(N)COCc1ccc(-c2ccc(F)cc2)c(OCCCOC)c1)C(=O)NCc1ccc(Cl)cc1.CCO. The molecule has 9 nitrogen and oxygen atoms in total. The van der Waals surface area contributed by atoms with Gasteiger partial charge in [0.2, 0.25) is 11.8 Å². The van der Waals surface area contributed by atoms with Crippen LogP contribution in [0.3, 0.4) is 0 Å². The summed E-state index contributed by atoms with van der Waals surface area (Å²) < 4.78 is 30.5. The summed E-state index contributed by atoms with van der Waals surface area (Å²) in [5, 5.41) is 14.0. The second-order valence-corrected chi connectivity index (χ2v) is 12.2. The first kappa shape index (κ1) is 41.6. The molecule has 0 bridgehead atoms. The molecule has 49 heavy (non-hydrogen) atoms. The van der Waals surface area contributed by atoms with Crippen LogP contribution in [0.1, 0.15) is 64.0 Å². The normalized spacial score (nSPS) is 12.7. The average molecular weight is 702 g/mol. The zero-order chi connectivity index (χ0) is 36.0. The van der Waals surface area contributed by atoms with Crippen molar-refractivity contribution in [2.45, 2.75) is 78.1 Å². The van der Waals surface area contributed by atoms with Crippen LogP contribution in [-0.2, 0) is 32.2 Å². The Hall–Kier alpha value is -3.54. The van der Waals surface area contributed by atoms with Crippen molar-refractivity contribution in [2.75, 3.05) is 33.5 Å². The van der Waals surface area contributed by atoms with Crippen LogP contribution in [0.5, 0.6) is 5.75 Å². The van der Waals surface area contributed by atoms with Gasteiger partial charge in [-0.25, -0.2) is 4.39 Å². The minimum absolute atomic E-state index is 0.0224. The summed E-state index contributed by atoms with van der Waals surface area (Å²) in [6, 6.07) is 18.5. The molecule has 3 aromatic rings. The number of rotatable bonds is 20. The molecule has 3 rings (SSSR count). The molecule has 270 valence electrons. The van der Waals surface area contributed by atoms with E-state index in [-0.39, 0.29) is 42.6 Å². The molecule has 0 heterocycles. The number of aliphatic hydroxyl groups excluding tert-OH is 1. The molecule has 0 saturated carbocycles. The van der Waals surface area contributed by atoms with Gasteiger partial charge in [0.1, 0.15) is 17.6 Å². The second-order valence-electron chi connectivity index (χ2n) is 11.8. The van der Waals surface area contributed by atoms with Crippen LogP contribution in [0, 0.1) is 11.7 Å². The molecule has 0 aromatic heterocycles. The number of nitrogens with one attached hydrogen (secondary N) is 2. The number of carbonyl (C=O) groups is 2. The van der Waals surface area contributed by atoms with Crippen molar-refractivity contribution in [3.63, 3.8) is 0 Å². The Bertz CT molecular complexity index is 1380. The molecule has 3 atom stereocenters. The molecule has 0 fully saturated rings. The summed E-state index contributed by atoms with van der Waals surface area (Å²) in [5.41, 5.74) is 9.86. The molecule has 0 aliphatic heterocycles. The third-order valence-electron chi connectivity index (χ3n) is 7.72. The summed E-state index contributed by atoms with van der Waals surface area (Å²) in [6.07, 6.45) is 2.92. The fourth-order valence-electron chi connectivity index (χ4n) is 4.81. The van der Waals surface area contributed by atoms with Crippen molar-refractivity contribution in [1.82, 2.24) is 10.6 Å². The molecule has 3 aromatic carbocycles. The largest absolute Gasteiger partial charge is 0.493 e. The number of hydrogen-bond acceptors (Lipinski definition) is 7. The van der Waals surface area contributed by atoms with Crippen molar-refractivity contribution >= 4 is 23.4 Å². The van der Waals surface area contributed by atoms with E-state index < -0.39 is 6.04 Å². The Morgan fingerprint density at radius 1 is 0.980 bits per heavy atom. The summed E-state index contributed by atoms with van der Waals surface area (Å²) in [6.45, 7) is 7.97. The quantitative estimate of drug-likeness (QED) is 0.100. The van der Waals surface area contributed by atoms with Crippen LogP contribution >= 0.6 is 11.6 Å². The highest BCUT2D eigenvalue weighted by molar-refractivity contribution is 6.30. The van der Waals surface area contributed by atoms with Crippen LogP contribution in [-0.4, -0.2) is 62.5 Å². The van der Waals surface area contributed by atoms with E-state index in [9.17, 15) is 14.0 Å². The van der Waals surface area contributed by atoms with Gasteiger partial charge in [-0.2, -0.15) is 0 Å². The lowest BCUT2D eigenvalue weighted by molar-refractivity contribution is -0.130. The van der Waals surface area contributed by atoms with E-state index in [0.717, 1.165) is 35.1 Å². The summed E-state index contributed by atoms with van der Waals surface area (Å²) >= 11 is 5.94. The molecule has 0 aliphatic carbocycles. The zero-order valence-corrected chi connectivity index (χ0v) is 29.9. The molecular formula is C38H53ClFN3O6. The lowest BCUT2D eigenvalue weighted by Gasteiger charge is -2.24. The van der Waals surface area contributed by atoms with Crippen molar-refractivity contribution < 1.29 is 33.3 Å². The summed E-state index contributed by atoms with van der Waals surface area (Å²) in [5.74, 6) is -0.0205. The van der Waals surface area contributed by atoms with Crippen LogP contribution in [0.25, 0.3) is 11.1 Å². The van der Waals surface area contributed by atoms with Crippen LogP contribution in [0.4, 0.5) is 4.39 Å². The predicted octanol–water partition coefficient (Wildman–Crippen LogP) is 6.42. The van der Waals surface area contributed by atoms with E-state index in [0.29, 0.717) is 56.6 Å². The van der Waals surface area contributed by atoms with Gasteiger partial charge in [0.25, 0.3) is 0 Å². The van der Waals surface area contributed by atoms with Crippen LogP contribution in [0.2, 0.25) is 5.02 Å². The number of benzene rings is 3. The average Bonchev–Trinajstić information content (AvgIpc) is 3.09. The highest BCUT2D eigenvalue weighted by Gasteiger charge is 2.25. The second kappa shape index (κ2) is 23.8. The third-order valence-corrected chi connectivity index (χ3v) is 7.97. The standard InChI is InChI=1S/C36H47ClFN3O5.C2H6O/c1-4-25(2)35(36(43)40-22-26-9-14-29(37)15-10-26)41-34(42)8-5-7-31(39)24-45-23-27-11-18-32(28-12-16-30(38)17-13-28)33(21-27)46-20-6-19-44-3;1-2-3/h9-18,21,25,31,35H,4-8,19-20,22-24,39H2,1-3H3,(H,40,43)(H,41,42);3H,2H2,1H3. The molecule has 5 N–H and O–H groups in total. The van der Waals surface area contributed by atoms with E-state index in [4.69, 9.17) is 36.7 Å². The Morgan fingerprint density at radius 3 is 2.31 bits per heavy atom. The van der Waals surface area contributed by atoms with Crippen molar-refractivity contribution in [2.24, 2.45) is 11.7 Å². The van der Waals surface area contributed by atoms with Gasteiger partial charge in [0.15, 0.2) is 0 Å². The molecule has 2 amide bonds. The van der Waals surface area contributed by atoms with E-state index in [1.165, 1.54) is 12.1 Å². The highest BCUT2D eigenvalue weighted by atomic mass is 35.5. The number of halogens is 2. The fourth-order valence-corrected chi connectivity index (χ4v) is 4.94. The Morgan fingerprint density at radius 2 is 1.65 bits per heavy atom. The van der Waals surface area contributed by atoms with Gasteiger partial charge >= 0.3 is 0 Å². The van der Waals surface area contributed by atoms with E-state index >= 15 is 0 Å². The van der Waals surface area contributed by atoms with Gasteiger partial charge in [-0.1, -0.05) is 68.3 Å². The molecule has 11 heteroatoms. The number of carbonyl (C=O) groups excluding carboxylic acids is 2. The molecule has 0 aliphatic rings. The Balaban J connectivity index is 0.00000267. The van der Waals surface area contributed by atoms with Gasteiger partial charge in [0, 0.05) is 56.3 Å². The van der Waals surface area contributed by atoms with Gasteiger partial charge < -0.3 is 35.7 Å². The first-order valence-electron chi connectivity index (χ1n) is 16.9. The maximum absolute atomic E-state index is 13.5. The highest BCUT2D eigenvalue weighted by Crippen LogP contribution is 2.32. The first-order chi connectivity index (χ1) is 23.6. The van der Waals surface area contributed by atoms with Gasteiger partial charge in [0.05, 0.1) is 19.8 Å². The summed E-state index contributed by atoms with van der Waals surface area (Å²) in [4.78, 5) is 25.7. The number of aliphatic hydroxyl groups is 1. The lowest BCUT2D eigenvalue weighted by Crippen LogP contribution is -2.50. The third kappa shape index (κ3) is 16.1. The van der Waals surface area contributed by atoms with Crippen molar-refractivity contribution in [1.29, 1.82) is 0 Å². The van der Waals surface area contributed by atoms with Gasteiger partial charge in [-0.05, 0) is 72.7 Å². The van der Waals surface area contributed by atoms with Crippen LogP contribution < -0.4 is 21.1 Å². The van der Waals surface area contributed by atoms with E-state index in [1.54, 1.807) is 38.3 Å². The topological polar surface area (TPSA) is 132 Å². The minimum atomic E-state index is -0.620. The number of hydrogen-bond donors (Lipinski definition) is 4. The smallest absolute Gasteiger partial charge is 0.243 e. The molecule has 0 spiro atoms. The number of ether oxygens (including phenoxy) is 3. The minimum Gasteiger partial charge on any atom is -0.493 e. The predicted molar refractivity (Wildman–Crippen MR) is 193 cm³/mol.